The summed E-state index contributed by atoms with van der Waals surface area (Å²) in [5.41, 5.74) is -3.51. The van der Waals surface area contributed by atoms with Crippen LogP contribution in [0.4, 0.5) is 0 Å². The predicted octanol–water partition coefficient (Wildman–Crippen LogP) is -7.06. The van der Waals surface area contributed by atoms with Gasteiger partial charge in [0.25, 0.3) is 0 Å². The van der Waals surface area contributed by atoms with Crippen molar-refractivity contribution in [2.45, 2.75) is 105 Å². The summed E-state index contributed by atoms with van der Waals surface area (Å²) in [5, 5.41) is 113. The van der Waals surface area contributed by atoms with Gasteiger partial charge in [0.15, 0.2) is 24.1 Å². The number of epoxide rings is 1. The molecule has 18 heteroatoms. The first-order chi connectivity index (χ1) is 20.1. The van der Waals surface area contributed by atoms with Gasteiger partial charge >= 0.3 is 0 Å². The Kier molecular flexibility index (Phi) is 12.3. The van der Waals surface area contributed by atoms with Crippen LogP contribution in [0.2, 0.25) is 0 Å². The molecule has 0 amide bonds. The molecule has 11 N–H and O–H groups in total. The van der Waals surface area contributed by atoms with E-state index in [4.69, 9.17) is 23.7 Å². The third kappa shape index (κ3) is 7.82. The summed E-state index contributed by atoms with van der Waals surface area (Å²) in [7, 11) is 0. The van der Waals surface area contributed by atoms with Crippen molar-refractivity contribution in [2.75, 3.05) is 26.4 Å². The number of aliphatic hydroxyl groups is 11. The zero-order chi connectivity index (χ0) is 32.4. The van der Waals surface area contributed by atoms with E-state index in [-0.39, 0.29) is 12.2 Å². The van der Waals surface area contributed by atoms with Gasteiger partial charge in [-0.15, -0.1) is 0 Å². The van der Waals surface area contributed by atoms with Crippen LogP contribution in [0.1, 0.15) is 13.3 Å². The lowest BCUT2D eigenvalue weighted by Gasteiger charge is -2.43. The smallest absolute Gasteiger partial charge is 0.214 e. The highest BCUT2D eigenvalue weighted by Crippen LogP contribution is 2.29. The molecule has 0 radical (unpaired) electrons. The molecule has 3 heterocycles. The molecule has 3 aliphatic rings. The number of hydrogen-bond donors (Lipinski definition) is 11. The summed E-state index contributed by atoms with van der Waals surface area (Å²) in [6, 6.07) is 0. The highest BCUT2D eigenvalue weighted by molar-refractivity contribution is 6.17. The summed E-state index contributed by atoms with van der Waals surface area (Å²) < 4.78 is 26.0. The molecular weight excluding hydrogens is 588 g/mol. The second kappa shape index (κ2) is 14.7. The topological polar surface area (TPSA) is 306 Å². The number of hydrogen-bond acceptors (Lipinski definition) is 18. The zero-order valence-electron chi connectivity index (χ0n) is 23.1. The van der Waals surface area contributed by atoms with Crippen molar-refractivity contribution < 1.29 is 89.4 Å². The van der Waals surface area contributed by atoms with Crippen LogP contribution in [-0.2, 0) is 33.3 Å². The zero-order valence-corrected chi connectivity index (χ0v) is 23.1. The van der Waals surface area contributed by atoms with Gasteiger partial charge in [0.1, 0.15) is 67.1 Å². The fourth-order valence-corrected chi connectivity index (χ4v) is 4.64. The Labute approximate surface area is 244 Å². The molecule has 0 aromatic heterocycles. The van der Waals surface area contributed by atoms with Crippen LogP contribution in [0.5, 0.6) is 0 Å². The lowest BCUT2D eigenvalue weighted by molar-refractivity contribution is -0.333. The van der Waals surface area contributed by atoms with Gasteiger partial charge in [-0.1, -0.05) is 6.58 Å². The largest absolute Gasteiger partial charge is 0.394 e. The molecule has 0 aromatic carbocycles. The first-order valence-corrected chi connectivity index (χ1v) is 13.4. The third-order valence-corrected chi connectivity index (χ3v) is 7.49. The van der Waals surface area contributed by atoms with Gasteiger partial charge in [0.05, 0.1) is 32.5 Å². The molecule has 248 valence electrons. The van der Waals surface area contributed by atoms with Crippen LogP contribution in [0.25, 0.3) is 0 Å². The normalized spacial score (nSPS) is 39.8. The Hall–Kier alpha value is -1.56. The SMILES string of the molecule is C=C(C)C(=O)[C@](O)(C(=O)CC1CO1)[C@@H](O)[C@H](O)[C@H](O)CO[C@H]1O[C@H](CO[C@H]2O[C@H](CO)[C@@H](O)[C@H](O)[C@H]2O)[C@@H](O)[C@H](O)[C@H]1O. The van der Waals surface area contributed by atoms with E-state index in [1.54, 1.807) is 0 Å². The maximum atomic E-state index is 12.7. The van der Waals surface area contributed by atoms with Gasteiger partial charge in [0.2, 0.25) is 5.60 Å². The Morgan fingerprint density at radius 3 is 1.91 bits per heavy atom. The highest BCUT2D eigenvalue weighted by Gasteiger charge is 2.55. The minimum Gasteiger partial charge on any atom is -0.394 e. The second-order valence-corrected chi connectivity index (χ2v) is 10.8. The number of ketones is 2. The molecule has 3 saturated heterocycles. The fourth-order valence-electron chi connectivity index (χ4n) is 4.64. The van der Waals surface area contributed by atoms with E-state index < -0.39 is 129 Å². The molecule has 1 unspecified atom stereocenters. The van der Waals surface area contributed by atoms with Crippen LogP contribution in [0.15, 0.2) is 12.2 Å². The lowest BCUT2D eigenvalue weighted by Crippen LogP contribution is -2.63. The molecule has 3 rings (SSSR count). The van der Waals surface area contributed by atoms with E-state index in [1.807, 2.05) is 0 Å². The van der Waals surface area contributed by atoms with E-state index in [9.17, 15) is 65.8 Å². The molecule has 0 saturated carbocycles. The summed E-state index contributed by atoms with van der Waals surface area (Å²) in [4.78, 5) is 25.3. The third-order valence-electron chi connectivity index (χ3n) is 7.49. The maximum Gasteiger partial charge on any atom is 0.214 e. The summed E-state index contributed by atoms with van der Waals surface area (Å²) in [5.74, 6) is -2.49. The number of carbonyl (C=O) groups is 2. The van der Waals surface area contributed by atoms with E-state index in [0.717, 1.165) is 6.92 Å². The average molecular weight is 629 g/mol. The average Bonchev–Trinajstić information content (AvgIpc) is 3.80. The molecule has 0 aliphatic carbocycles. The molecule has 0 aromatic rings. The van der Waals surface area contributed by atoms with Gasteiger partial charge in [-0.05, 0) is 12.5 Å². The van der Waals surface area contributed by atoms with Crippen LogP contribution in [0, 0.1) is 0 Å². The molecule has 0 bridgehead atoms. The molecule has 3 aliphatic heterocycles. The maximum absolute atomic E-state index is 12.7. The molecule has 0 spiro atoms. The summed E-state index contributed by atoms with van der Waals surface area (Å²) in [6.07, 6.45) is -25.2. The lowest BCUT2D eigenvalue weighted by atomic mass is 9.79. The van der Waals surface area contributed by atoms with Crippen molar-refractivity contribution in [2.24, 2.45) is 0 Å². The van der Waals surface area contributed by atoms with Gasteiger partial charge in [-0.25, -0.2) is 0 Å². The number of aliphatic hydroxyl groups excluding tert-OH is 10. The van der Waals surface area contributed by atoms with E-state index in [2.05, 4.69) is 6.58 Å². The van der Waals surface area contributed by atoms with E-state index in [1.165, 1.54) is 0 Å². The van der Waals surface area contributed by atoms with Crippen LogP contribution in [-0.4, -0.2) is 186 Å². The van der Waals surface area contributed by atoms with Gasteiger partial charge in [-0.3, -0.25) is 9.59 Å². The Bertz CT molecular complexity index is 974. The number of ether oxygens (including phenoxy) is 5. The van der Waals surface area contributed by atoms with Crippen molar-refractivity contribution in [3.8, 4) is 0 Å². The van der Waals surface area contributed by atoms with E-state index >= 15 is 0 Å². The van der Waals surface area contributed by atoms with Crippen molar-refractivity contribution >= 4 is 11.6 Å². The fraction of sp³-hybridized carbons (Fsp3) is 0.840. The summed E-state index contributed by atoms with van der Waals surface area (Å²) in [6.45, 7) is 2.31. The molecule has 3 fully saturated rings. The summed E-state index contributed by atoms with van der Waals surface area (Å²) >= 11 is 0. The second-order valence-electron chi connectivity index (χ2n) is 10.8. The molecule has 15 atom stereocenters. The number of rotatable bonds is 15. The van der Waals surface area contributed by atoms with Crippen LogP contribution < -0.4 is 0 Å². The van der Waals surface area contributed by atoms with Crippen molar-refractivity contribution in [3.63, 3.8) is 0 Å². The minimum absolute atomic E-state index is 0.178. The standard InChI is InChI=1S/C25H40O18/c1-8(2)21(36)25(38,13(28)3-9-5-39-9)22(37)14(29)10(27)6-40-23-20(35)18(33)16(31)12(43-23)7-41-24-19(34)17(32)15(30)11(4-26)42-24/h9-12,14-20,22-24,26-27,29-35,37-38H,1,3-7H2,2H3/t9?,10-,11-,12-,14-,15-,16-,17+,18+,19-,20-,22+,23+,24+,25-/m1/s1. The highest BCUT2D eigenvalue weighted by atomic mass is 16.7. The van der Waals surface area contributed by atoms with Crippen LogP contribution >= 0.6 is 0 Å². The van der Waals surface area contributed by atoms with Crippen LogP contribution in [0.3, 0.4) is 0 Å². The quantitative estimate of drug-likeness (QED) is 0.0456. The first-order valence-electron chi connectivity index (χ1n) is 13.4. The first kappa shape index (κ1) is 35.9. The van der Waals surface area contributed by atoms with Crippen molar-refractivity contribution in [3.05, 3.63) is 12.2 Å². The Morgan fingerprint density at radius 1 is 0.884 bits per heavy atom. The molecule has 18 nitrogen and oxygen atoms in total. The minimum atomic E-state index is -3.19. The number of Topliss-reactive ketones (excluding diaryl/α,β-unsaturated/α-hetero) is 2. The van der Waals surface area contributed by atoms with Gasteiger partial charge in [0, 0.05) is 6.42 Å². The van der Waals surface area contributed by atoms with E-state index in [0.29, 0.717) is 0 Å². The monoisotopic (exact) mass is 628 g/mol. The molecular formula is C25H40O18. The predicted molar refractivity (Wildman–Crippen MR) is 135 cm³/mol. The Morgan fingerprint density at radius 2 is 1.40 bits per heavy atom. The Balaban J connectivity index is 1.63. The molecule has 43 heavy (non-hydrogen) atoms. The number of carbonyl (C=O) groups excluding carboxylic acids is 2. The van der Waals surface area contributed by atoms with Crippen molar-refractivity contribution in [1.29, 1.82) is 0 Å². The van der Waals surface area contributed by atoms with Gasteiger partial charge < -0.3 is 79.9 Å². The van der Waals surface area contributed by atoms with Gasteiger partial charge in [-0.2, -0.15) is 0 Å². The van der Waals surface area contributed by atoms with Crippen molar-refractivity contribution in [1.82, 2.24) is 0 Å².